The Hall–Kier alpha value is -2.35. The smallest absolute Gasteiger partial charge is 0.203 e. The highest BCUT2D eigenvalue weighted by Crippen LogP contribution is 2.40. The molecule has 6 heteroatoms. The number of nitrogens with two attached hydrogens (primary N) is 1. The Morgan fingerprint density at radius 2 is 2.04 bits per heavy atom. The van der Waals surface area contributed by atoms with Crippen molar-refractivity contribution < 1.29 is 0 Å². The average Bonchev–Trinajstić information content (AvgIpc) is 3.45. The van der Waals surface area contributed by atoms with E-state index in [-0.39, 0.29) is 5.43 Å². The second-order valence-electron chi connectivity index (χ2n) is 6.95. The lowest BCUT2D eigenvalue weighted by atomic mass is 10.0. The van der Waals surface area contributed by atoms with Crippen molar-refractivity contribution in [1.29, 1.82) is 0 Å². The first-order chi connectivity index (χ1) is 12.5. The molecule has 26 heavy (non-hydrogen) atoms. The summed E-state index contributed by atoms with van der Waals surface area (Å²) in [5, 5.41) is 5.25. The van der Waals surface area contributed by atoms with E-state index in [0.29, 0.717) is 17.3 Å². The fourth-order valence-corrected chi connectivity index (χ4v) is 4.24. The predicted molar refractivity (Wildman–Crippen MR) is 112 cm³/mol. The Balaban J connectivity index is 1.73. The Morgan fingerprint density at radius 3 is 2.81 bits per heavy atom. The molecule has 0 bridgehead atoms. The molecule has 1 aliphatic rings. The van der Waals surface area contributed by atoms with E-state index >= 15 is 0 Å². The Bertz CT molecular complexity index is 1250. The number of halogens is 1. The predicted octanol–water partition coefficient (Wildman–Crippen LogP) is 3.92. The van der Waals surface area contributed by atoms with Gasteiger partial charge >= 0.3 is 0 Å². The van der Waals surface area contributed by atoms with E-state index < -0.39 is 0 Å². The van der Waals surface area contributed by atoms with Crippen molar-refractivity contribution in [2.75, 3.05) is 5.73 Å². The minimum absolute atomic E-state index is 0.0559. The van der Waals surface area contributed by atoms with Crippen LogP contribution in [0, 0.1) is 3.57 Å². The highest BCUT2D eigenvalue weighted by molar-refractivity contribution is 14.1. The molecule has 0 saturated heterocycles. The van der Waals surface area contributed by atoms with Crippen molar-refractivity contribution in [3.05, 3.63) is 62.1 Å². The van der Waals surface area contributed by atoms with Crippen LogP contribution in [0.2, 0.25) is 0 Å². The van der Waals surface area contributed by atoms with Gasteiger partial charge in [0.2, 0.25) is 5.43 Å². The minimum Gasteiger partial charge on any atom is -0.383 e. The maximum absolute atomic E-state index is 13.0. The fraction of sp³-hybridized carbons (Fsp3) is 0.200. The largest absolute Gasteiger partial charge is 0.383 e. The molecule has 0 amide bonds. The number of nitrogens with zero attached hydrogens (tertiary/aromatic N) is 3. The molecule has 3 heterocycles. The lowest BCUT2D eigenvalue weighted by Gasteiger charge is -2.10. The van der Waals surface area contributed by atoms with Gasteiger partial charge in [-0.2, -0.15) is 5.10 Å². The summed E-state index contributed by atoms with van der Waals surface area (Å²) in [5.41, 5.74) is 10.8. The van der Waals surface area contributed by atoms with E-state index in [4.69, 9.17) is 5.73 Å². The number of aryl methyl sites for hydroxylation is 1. The van der Waals surface area contributed by atoms with Gasteiger partial charge in [-0.3, -0.25) is 9.48 Å². The van der Waals surface area contributed by atoms with Gasteiger partial charge < -0.3 is 10.1 Å². The topological polar surface area (TPSA) is 65.3 Å². The summed E-state index contributed by atoms with van der Waals surface area (Å²) < 4.78 is 4.45. The molecule has 0 aliphatic heterocycles. The highest BCUT2D eigenvalue weighted by atomic mass is 127. The van der Waals surface area contributed by atoms with Gasteiger partial charge in [-0.15, -0.1) is 0 Å². The second kappa shape index (κ2) is 5.57. The van der Waals surface area contributed by atoms with Crippen LogP contribution in [0.25, 0.3) is 27.5 Å². The van der Waals surface area contributed by atoms with Gasteiger partial charge in [-0.05, 0) is 76.7 Å². The molecule has 5 rings (SSSR count). The molecular formula is C20H17IN4O. The average molecular weight is 456 g/mol. The quantitative estimate of drug-likeness (QED) is 0.466. The SMILES string of the molecule is Cn1nc2ccc(-c3cn4ccc(C5CC5)cc4c(I)c3=O)cc2c1N. The van der Waals surface area contributed by atoms with Gasteiger partial charge in [0.15, 0.2) is 0 Å². The molecule has 1 fully saturated rings. The van der Waals surface area contributed by atoms with Crippen molar-refractivity contribution in [3.8, 4) is 11.1 Å². The molecule has 1 saturated carbocycles. The van der Waals surface area contributed by atoms with Gasteiger partial charge in [-0.25, -0.2) is 0 Å². The van der Waals surface area contributed by atoms with E-state index in [2.05, 4.69) is 46.0 Å². The molecule has 1 aliphatic carbocycles. The lowest BCUT2D eigenvalue weighted by Crippen LogP contribution is -2.12. The molecule has 0 spiro atoms. The van der Waals surface area contributed by atoms with Crippen LogP contribution in [0.3, 0.4) is 0 Å². The summed E-state index contributed by atoms with van der Waals surface area (Å²) >= 11 is 2.17. The normalized spacial score (nSPS) is 14.4. The second-order valence-corrected chi connectivity index (χ2v) is 8.03. The molecule has 130 valence electrons. The van der Waals surface area contributed by atoms with Crippen LogP contribution in [0.1, 0.15) is 24.3 Å². The maximum atomic E-state index is 13.0. The van der Waals surface area contributed by atoms with Crippen LogP contribution >= 0.6 is 22.6 Å². The minimum atomic E-state index is 0.0559. The summed E-state index contributed by atoms with van der Waals surface area (Å²) in [7, 11) is 1.82. The standard InChI is InChI=1S/C20H17IN4O/c1-24-20(22)14-8-13(4-5-16(14)23-24)15-10-25-7-6-12(11-2-3-11)9-17(25)18(21)19(15)26/h4-11H,2-3,22H2,1H3. The first kappa shape index (κ1) is 15.9. The third-order valence-corrected chi connectivity index (χ3v) is 6.23. The zero-order valence-corrected chi connectivity index (χ0v) is 16.4. The van der Waals surface area contributed by atoms with Gasteiger partial charge in [0, 0.05) is 30.4 Å². The molecule has 2 N–H and O–H groups in total. The summed E-state index contributed by atoms with van der Waals surface area (Å²) in [5.74, 6) is 1.27. The Labute approximate surface area is 163 Å². The summed E-state index contributed by atoms with van der Waals surface area (Å²) in [6.45, 7) is 0. The van der Waals surface area contributed by atoms with E-state index in [1.54, 1.807) is 4.68 Å². The Morgan fingerprint density at radius 1 is 1.23 bits per heavy atom. The van der Waals surface area contributed by atoms with Crippen LogP contribution in [-0.4, -0.2) is 14.2 Å². The summed E-state index contributed by atoms with van der Waals surface area (Å²) in [6, 6.07) is 10.1. The van der Waals surface area contributed by atoms with Crippen LogP contribution in [0.4, 0.5) is 5.82 Å². The van der Waals surface area contributed by atoms with Gasteiger partial charge in [0.25, 0.3) is 0 Å². The number of hydrogen-bond donors (Lipinski definition) is 1. The molecule has 0 radical (unpaired) electrons. The number of hydrogen-bond acceptors (Lipinski definition) is 3. The molecule has 4 aromatic rings. The molecule has 3 aromatic heterocycles. The molecule has 5 nitrogen and oxygen atoms in total. The van der Waals surface area contributed by atoms with Crippen LogP contribution in [-0.2, 0) is 7.05 Å². The van der Waals surface area contributed by atoms with Crippen LogP contribution in [0.15, 0.2) is 47.5 Å². The third kappa shape index (κ3) is 2.35. The van der Waals surface area contributed by atoms with Crippen molar-refractivity contribution in [2.45, 2.75) is 18.8 Å². The number of anilines is 1. The molecule has 0 atom stereocenters. The maximum Gasteiger partial charge on any atom is 0.203 e. The number of rotatable bonds is 2. The number of aromatic nitrogens is 3. The summed E-state index contributed by atoms with van der Waals surface area (Å²) in [4.78, 5) is 13.0. The molecular weight excluding hydrogens is 439 g/mol. The number of benzene rings is 1. The summed E-state index contributed by atoms with van der Waals surface area (Å²) in [6.07, 6.45) is 6.48. The fourth-order valence-electron chi connectivity index (χ4n) is 3.51. The first-order valence-electron chi connectivity index (χ1n) is 8.60. The number of nitrogen functional groups attached to an aromatic ring is 1. The van der Waals surface area contributed by atoms with E-state index in [1.807, 2.05) is 35.8 Å². The van der Waals surface area contributed by atoms with Crippen LogP contribution < -0.4 is 11.2 Å². The molecule has 1 aromatic carbocycles. The number of pyridine rings is 2. The monoisotopic (exact) mass is 456 g/mol. The third-order valence-electron chi connectivity index (χ3n) is 5.18. The first-order valence-corrected chi connectivity index (χ1v) is 9.68. The Kier molecular flexibility index (Phi) is 3.40. The van der Waals surface area contributed by atoms with Crippen molar-refractivity contribution >= 4 is 44.8 Å². The highest BCUT2D eigenvalue weighted by Gasteiger charge is 2.24. The molecule has 0 unspecified atom stereocenters. The van der Waals surface area contributed by atoms with Crippen molar-refractivity contribution in [3.63, 3.8) is 0 Å². The zero-order valence-electron chi connectivity index (χ0n) is 14.2. The van der Waals surface area contributed by atoms with Gasteiger partial charge in [0.1, 0.15) is 5.82 Å². The van der Waals surface area contributed by atoms with Gasteiger partial charge in [0.05, 0.1) is 14.6 Å². The van der Waals surface area contributed by atoms with E-state index in [9.17, 15) is 4.79 Å². The van der Waals surface area contributed by atoms with E-state index in [1.165, 1.54) is 18.4 Å². The lowest BCUT2D eigenvalue weighted by molar-refractivity contribution is 0.791. The number of fused-ring (bicyclic) bond motifs is 2. The van der Waals surface area contributed by atoms with Crippen LogP contribution in [0.5, 0.6) is 0 Å². The van der Waals surface area contributed by atoms with Crippen molar-refractivity contribution in [2.24, 2.45) is 7.05 Å². The zero-order chi connectivity index (χ0) is 18.0. The van der Waals surface area contributed by atoms with E-state index in [0.717, 1.165) is 25.6 Å². The van der Waals surface area contributed by atoms with Crippen molar-refractivity contribution in [1.82, 2.24) is 14.2 Å². The van der Waals surface area contributed by atoms with Gasteiger partial charge in [-0.1, -0.05) is 6.07 Å².